The van der Waals surface area contributed by atoms with Gasteiger partial charge in [0.2, 0.25) is 11.6 Å². The molecule has 3 rings (SSSR count). The molecule has 7 nitrogen and oxygen atoms in total. The standard InChI is InChI=1S/C16H14N4O3S/c1-23-11-4-2-10(3-5-11)6-15-19-12(8-24-15)13(21)7-14(22)16-17-9-18-20-16/h2-5,7-9,22H,6H2,1H3,(H,17,18,20). The van der Waals surface area contributed by atoms with Crippen molar-refractivity contribution in [1.82, 2.24) is 20.2 Å². The third kappa shape index (κ3) is 3.66. The van der Waals surface area contributed by atoms with E-state index >= 15 is 0 Å². The zero-order chi connectivity index (χ0) is 16.9. The Morgan fingerprint density at radius 2 is 2.17 bits per heavy atom. The van der Waals surface area contributed by atoms with E-state index in [0.29, 0.717) is 6.42 Å². The van der Waals surface area contributed by atoms with E-state index in [1.165, 1.54) is 17.7 Å². The summed E-state index contributed by atoms with van der Waals surface area (Å²) < 4.78 is 5.12. The number of carbonyl (C=O) groups is 1. The number of benzene rings is 1. The number of methoxy groups -OCH3 is 1. The molecule has 2 N–H and O–H groups in total. The van der Waals surface area contributed by atoms with Crippen LogP contribution in [0.25, 0.3) is 5.76 Å². The molecule has 0 saturated heterocycles. The lowest BCUT2D eigenvalue weighted by molar-refractivity contribution is 0.104. The predicted octanol–water partition coefficient (Wildman–Crippen LogP) is 2.64. The number of H-pyrrole nitrogens is 1. The number of aromatic amines is 1. The zero-order valence-electron chi connectivity index (χ0n) is 12.8. The first kappa shape index (κ1) is 15.9. The van der Waals surface area contributed by atoms with Crippen LogP contribution in [0.2, 0.25) is 0 Å². The first-order valence-electron chi connectivity index (χ1n) is 7.04. The maximum Gasteiger partial charge on any atom is 0.215 e. The molecule has 3 aromatic rings. The zero-order valence-corrected chi connectivity index (χ0v) is 13.6. The van der Waals surface area contributed by atoms with Gasteiger partial charge < -0.3 is 9.84 Å². The summed E-state index contributed by atoms with van der Waals surface area (Å²) in [5.74, 6) is 0.166. The molecule has 1 aromatic carbocycles. The molecule has 0 aliphatic carbocycles. The summed E-state index contributed by atoms with van der Waals surface area (Å²) in [4.78, 5) is 20.2. The number of carbonyl (C=O) groups excluding carboxylic acids is 1. The Morgan fingerprint density at radius 3 is 2.83 bits per heavy atom. The molecular weight excluding hydrogens is 328 g/mol. The van der Waals surface area contributed by atoms with Crippen LogP contribution in [0.3, 0.4) is 0 Å². The fraction of sp³-hybridized carbons (Fsp3) is 0.125. The van der Waals surface area contributed by atoms with Gasteiger partial charge >= 0.3 is 0 Å². The van der Waals surface area contributed by atoms with Crippen LogP contribution in [-0.4, -0.2) is 38.2 Å². The van der Waals surface area contributed by atoms with Gasteiger partial charge in [-0.3, -0.25) is 9.89 Å². The van der Waals surface area contributed by atoms with Gasteiger partial charge in [-0.25, -0.2) is 9.97 Å². The van der Waals surface area contributed by atoms with E-state index in [1.807, 2.05) is 24.3 Å². The van der Waals surface area contributed by atoms with Crippen LogP contribution < -0.4 is 4.74 Å². The Hall–Kier alpha value is -3.00. The summed E-state index contributed by atoms with van der Waals surface area (Å²) in [7, 11) is 1.62. The summed E-state index contributed by atoms with van der Waals surface area (Å²) in [6.45, 7) is 0. The van der Waals surface area contributed by atoms with Gasteiger partial charge in [0.25, 0.3) is 0 Å². The topological polar surface area (TPSA) is 101 Å². The van der Waals surface area contributed by atoms with E-state index in [2.05, 4.69) is 20.2 Å². The second-order valence-corrected chi connectivity index (χ2v) is 5.81. The molecule has 24 heavy (non-hydrogen) atoms. The number of aliphatic hydroxyl groups is 1. The van der Waals surface area contributed by atoms with Crippen molar-refractivity contribution in [3.8, 4) is 5.75 Å². The molecule has 0 unspecified atom stereocenters. The van der Waals surface area contributed by atoms with Crippen molar-refractivity contribution in [2.45, 2.75) is 6.42 Å². The lowest BCUT2D eigenvalue weighted by Gasteiger charge is -2.01. The first-order chi connectivity index (χ1) is 11.7. The summed E-state index contributed by atoms with van der Waals surface area (Å²) in [5.41, 5.74) is 1.36. The predicted molar refractivity (Wildman–Crippen MR) is 89.2 cm³/mol. The van der Waals surface area contributed by atoms with E-state index in [0.717, 1.165) is 22.4 Å². The number of thiazole rings is 1. The van der Waals surface area contributed by atoms with Gasteiger partial charge in [-0.1, -0.05) is 12.1 Å². The second-order valence-electron chi connectivity index (χ2n) is 4.87. The van der Waals surface area contributed by atoms with E-state index in [-0.39, 0.29) is 17.3 Å². The van der Waals surface area contributed by atoms with E-state index in [9.17, 15) is 9.90 Å². The lowest BCUT2D eigenvalue weighted by Crippen LogP contribution is -1.99. The fourth-order valence-electron chi connectivity index (χ4n) is 2.02. The molecule has 0 fully saturated rings. The van der Waals surface area contributed by atoms with Crippen LogP contribution in [0.4, 0.5) is 0 Å². The van der Waals surface area contributed by atoms with E-state index < -0.39 is 5.78 Å². The summed E-state index contributed by atoms with van der Waals surface area (Å²) in [5, 5.41) is 18.4. The van der Waals surface area contributed by atoms with Gasteiger partial charge in [0, 0.05) is 17.9 Å². The molecular formula is C16H14N4O3S. The Labute approximate surface area is 141 Å². The third-order valence-electron chi connectivity index (χ3n) is 3.23. The molecule has 2 aromatic heterocycles. The van der Waals surface area contributed by atoms with Crippen molar-refractivity contribution in [2.75, 3.05) is 7.11 Å². The first-order valence-corrected chi connectivity index (χ1v) is 7.92. The van der Waals surface area contributed by atoms with E-state index in [1.54, 1.807) is 12.5 Å². The Kier molecular flexibility index (Phi) is 4.66. The maximum absolute atomic E-state index is 12.1. The minimum Gasteiger partial charge on any atom is -0.504 e. The van der Waals surface area contributed by atoms with Gasteiger partial charge in [-0.2, -0.15) is 5.10 Å². The average Bonchev–Trinajstić information content (AvgIpc) is 3.27. The molecule has 0 amide bonds. The summed E-state index contributed by atoms with van der Waals surface area (Å²) in [6.07, 6.45) is 3.01. The molecule has 0 saturated carbocycles. The molecule has 0 aliphatic heterocycles. The molecule has 0 spiro atoms. The van der Waals surface area contributed by atoms with Gasteiger partial charge in [-0.15, -0.1) is 11.3 Å². The van der Waals surface area contributed by atoms with Gasteiger partial charge in [0.1, 0.15) is 17.8 Å². The summed E-state index contributed by atoms with van der Waals surface area (Å²) >= 11 is 1.40. The van der Waals surface area contributed by atoms with Crippen molar-refractivity contribution in [3.05, 3.63) is 64.1 Å². The average molecular weight is 342 g/mol. The molecule has 122 valence electrons. The highest BCUT2D eigenvalue weighted by Crippen LogP contribution is 2.18. The monoisotopic (exact) mass is 342 g/mol. The van der Waals surface area contributed by atoms with Crippen LogP contribution in [0.1, 0.15) is 26.9 Å². The van der Waals surface area contributed by atoms with E-state index in [4.69, 9.17) is 4.74 Å². The number of aromatic nitrogens is 4. The van der Waals surface area contributed by atoms with Crippen molar-refractivity contribution in [3.63, 3.8) is 0 Å². The molecule has 0 atom stereocenters. The Balaban J connectivity index is 1.70. The normalized spacial score (nSPS) is 11.5. The number of hydrogen-bond donors (Lipinski definition) is 2. The highest BCUT2D eigenvalue weighted by atomic mass is 32.1. The quantitative estimate of drug-likeness (QED) is 0.406. The number of nitrogens with zero attached hydrogens (tertiary/aromatic N) is 3. The molecule has 0 radical (unpaired) electrons. The number of hydrogen-bond acceptors (Lipinski definition) is 7. The molecule has 8 heteroatoms. The number of ether oxygens (including phenoxy) is 1. The van der Waals surface area contributed by atoms with Crippen LogP contribution in [-0.2, 0) is 6.42 Å². The minimum atomic E-state index is -0.394. The SMILES string of the molecule is COc1ccc(Cc2nc(C(=O)C=C(O)c3nc[nH]n3)cs2)cc1. The van der Waals surface area contributed by atoms with Gasteiger partial charge in [-0.05, 0) is 17.7 Å². The number of aliphatic hydroxyl groups excluding tert-OH is 1. The van der Waals surface area contributed by atoms with Crippen molar-refractivity contribution in [2.24, 2.45) is 0 Å². The highest BCUT2D eigenvalue weighted by Gasteiger charge is 2.12. The Morgan fingerprint density at radius 1 is 1.38 bits per heavy atom. The number of ketones is 1. The second kappa shape index (κ2) is 7.05. The summed E-state index contributed by atoms with van der Waals surface area (Å²) in [6, 6.07) is 7.67. The smallest absolute Gasteiger partial charge is 0.215 e. The lowest BCUT2D eigenvalue weighted by atomic mass is 10.1. The molecule has 0 aliphatic rings. The number of rotatable bonds is 6. The van der Waals surface area contributed by atoms with Crippen LogP contribution in [0.15, 0.2) is 42.0 Å². The minimum absolute atomic E-state index is 0.0667. The van der Waals surface area contributed by atoms with Crippen LogP contribution in [0.5, 0.6) is 5.75 Å². The fourth-order valence-corrected chi connectivity index (χ4v) is 2.84. The maximum atomic E-state index is 12.1. The van der Waals surface area contributed by atoms with Crippen LogP contribution in [0, 0.1) is 0 Å². The van der Waals surface area contributed by atoms with Crippen molar-refractivity contribution >= 4 is 22.9 Å². The third-order valence-corrected chi connectivity index (χ3v) is 4.08. The largest absolute Gasteiger partial charge is 0.504 e. The van der Waals surface area contributed by atoms with Crippen LogP contribution >= 0.6 is 11.3 Å². The van der Waals surface area contributed by atoms with Crippen molar-refractivity contribution < 1.29 is 14.6 Å². The number of nitrogens with one attached hydrogen (secondary N) is 1. The number of allylic oxidation sites excluding steroid dienone is 1. The molecule has 0 bridgehead atoms. The van der Waals surface area contributed by atoms with Gasteiger partial charge in [0.05, 0.1) is 12.1 Å². The van der Waals surface area contributed by atoms with Crippen molar-refractivity contribution in [1.29, 1.82) is 0 Å². The Bertz CT molecular complexity index is 854. The molecule has 2 heterocycles. The van der Waals surface area contributed by atoms with Gasteiger partial charge in [0.15, 0.2) is 5.76 Å². The highest BCUT2D eigenvalue weighted by molar-refractivity contribution is 7.09.